The van der Waals surface area contributed by atoms with Gasteiger partial charge in [-0.3, -0.25) is 0 Å². The molecule has 318 valence electrons. The second-order valence-electron chi connectivity index (χ2n) is 14.7. The lowest BCUT2D eigenvalue weighted by Crippen LogP contribution is -2.12. The number of ether oxygens (including phenoxy) is 7. The molecule has 0 fully saturated rings. The number of para-hydroxylation sites is 2. The molecule has 0 saturated heterocycles. The first-order chi connectivity index (χ1) is 29.2. The zero-order valence-electron chi connectivity index (χ0n) is 35.8. The number of unbranched alkanes of at least 4 members (excludes halogenated alkanes) is 2. The number of rotatable bonds is 18. The van der Waals surface area contributed by atoms with Crippen LogP contribution in [-0.2, 0) is 33.5 Å². The van der Waals surface area contributed by atoms with E-state index < -0.39 is 0 Å². The van der Waals surface area contributed by atoms with Crippen LogP contribution in [0.4, 0.5) is 11.4 Å². The quantitative estimate of drug-likeness (QED) is 0.0438. The van der Waals surface area contributed by atoms with Gasteiger partial charge >= 0.3 is 0 Å². The highest BCUT2D eigenvalue weighted by molar-refractivity contribution is 5.52. The van der Waals surface area contributed by atoms with Crippen LogP contribution in [0.1, 0.15) is 75.6 Å². The Kier molecular flexibility index (Phi) is 18.1. The molecule has 4 aromatic rings. The van der Waals surface area contributed by atoms with Gasteiger partial charge < -0.3 is 44.6 Å². The Labute approximate surface area is 356 Å². The molecule has 0 radical (unpaired) electrons. The molecule has 0 aliphatic heterocycles. The molecule has 1 aliphatic rings. The van der Waals surface area contributed by atoms with Gasteiger partial charge in [0.2, 0.25) is 13.6 Å². The van der Waals surface area contributed by atoms with Gasteiger partial charge in [0.15, 0.2) is 0 Å². The third kappa shape index (κ3) is 14.1. The van der Waals surface area contributed by atoms with Crippen molar-refractivity contribution in [2.24, 2.45) is 0 Å². The van der Waals surface area contributed by atoms with Gasteiger partial charge in [-0.2, -0.15) is 0 Å². The van der Waals surface area contributed by atoms with Crippen molar-refractivity contribution >= 4 is 11.4 Å². The Morgan fingerprint density at radius 3 is 1.87 bits per heavy atom. The van der Waals surface area contributed by atoms with Gasteiger partial charge in [0.05, 0.1) is 13.2 Å². The maximum absolute atomic E-state index is 6.62. The molecule has 60 heavy (non-hydrogen) atoms. The first-order valence-corrected chi connectivity index (χ1v) is 20.9. The highest BCUT2D eigenvalue weighted by Crippen LogP contribution is 2.35. The van der Waals surface area contributed by atoms with E-state index in [9.17, 15) is 0 Å². The number of hydrogen-bond donors (Lipinski definition) is 2. The van der Waals surface area contributed by atoms with E-state index in [-0.39, 0.29) is 13.6 Å². The molecule has 0 unspecified atom stereocenters. The number of fused-ring (bicyclic) bond motifs is 4. The highest BCUT2D eigenvalue weighted by Gasteiger charge is 2.19. The number of hydrogen-bond acceptors (Lipinski definition) is 9. The summed E-state index contributed by atoms with van der Waals surface area (Å²) < 4.78 is 43.6. The summed E-state index contributed by atoms with van der Waals surface area (Å²) in [5, 5.41) is 0. The topological polar surface area (TPSA) is 117 Å². The molecule has 4 bridgehead atoms. The van der Waals surface area contributed by atoms with E-state index in [1.807, 2.05) is 62.4 Å². The van der Waals surface area contributed by atoms with E-state index in [0.717, 1.165) is 81.3 Å². The number of benzene rings is 4. The summed E-state index contributed by atoms with van der Waals surface area (Å²) >= 11 is 0. The second kappa shape index (κ2) is 24.1. The Morgan fingerprint density at radius 2 is 1.23 bits per heavy atom. The van der Waals surface area contributed by atoms with Crippen molar-refractivity contribution in [3.05, 3.63) is 166 Å². The zero-order valence-corrected chi connectivity index (χ0v) is 35.8. The van der Waals surface area contributed by atoms with Crippen LogP contribution in [0, 0.1) is 0 Å². The Balaban J connectivity index is 1.57. The van der Waals surface area contributed by atoms with Crippen LogP contribution in [-0.4, -0.2) is 40.0 Å². The van der Waals surface area contributed by atoms with Crippen molar-refractivity contribution in [1.82, 2.24) is 0 Å². The first kappa shape index (κ1) is 45.0. The predicted octanol–water partition coefficient (Wildman–Crippen LogP) is 11.2. The van der Waals surface area contributed by atoms with Gasteiger partial charge in [-0.05, 0) is 121 Å². The smallest absolute Gasteiger partial charge is 0.230 e. The van der Waals surface area contributed by atoms with E-state index >= 15 is 0 Å². The summed E-state index contributed by atoms with van der Waals surface area (Å²) in [4.78, 5) is 0. The largest absolute Gasteiger partial charge is 0.493 e. The number of nitrogens with two attached hydrogens (primary N) is 2. The number of allylic oxidation sites excluding steroid dienone is 8. The van der Waals surface area contributed by atoms with Gasteiger partial charge in [0.25, 0.3) is 0 Å². The predicted molar refractivity (Wildman–Crippen MR) is 242 cm³/mol. The molecule has 0 spiro atoms. The minimum atomic E-state index is 0.00807. The summed E-state index contributed by atoms with van der Waals surface area (Å²) in [6.07, 6.45) is 13.8. The molecule has 5 rings (SSSR count). The molecule has 4 N–H and O–H groups in total. The molecule has 0 saturated carbocycles. The van der Waals surface area contributed by atoms with Crippen molar-refractivity contribution < 1.29 is 33.2 Å². The van der Waals surface area contributed by atoms with E-state index in [1.165, 1.54) is 0 Å². The van der Waals surface area contributed by atoms with Crippen LogP contribution < -0.4 is 30.4 Å². The van der Waals surface area contributed by atoms with Crippen molar-refractivity contribution in [3.8, 4) is 23.0 Å². The fourth-order valence-electron chi connectivity index (χ4n) is 6.80. The van der Waals surface area contributed by atoms with Crippen LogP contribution in [0.5, 0.6) is 23.0 Å². The fraction of sp³-hybridized carbons (Fsp3) is 0.333. The maximum Gasteiger partial charge on any atom is 0.230 e. The Bertz CT molecular complexity index is 2100. The molecule has 1 aliphatic carbocycles. The fourth-order valence-corrected chi connectivity index (χ4v) is 6.80. The summed E-state index contributed by atoms with van der Waals surface area (Å²) in [6.45, 7) is 14.9. The number of nitrogen functional groups attached to an aromatic ring is 2. The lowest BCUT2D eigenvalue weighted by atomic mass is 9.94. The van der Waals surface area contributed by atoms with Crippen molar-refractivity contribution in [3.63, 3.8) is 0 Å². The van der Waals surface area contributed by atoms with Crippen molar-refractivity contribution in [2.45, 2.75) is 72.6 Å². The monoisotopic (exact) mass is 814 g/mol. The van der Waals surface area contributed by atoms with Crippen LogP contribution in [0.25, 0.3) is 0 Å². The molecular formula is C51H62N2O7. The van der Waals surface area contributed by atoms with Crippen LogP contribution in [0.2, 0.25) is 0 Å². The molecule has 0 amide bonds. The SMILES string of the molecule is C=C1C/C=C/C=C\C(=C(/C)OCOc2ccc(N)cc2)Cc2cccc(c2OCCOCC)Cc2cccc(c2OCOc2ccc(N)cc2)C/C(C)=C/1OCCCCC. The standard InChI is InChI=1S/C51H62N2O7/c1-6-8-12-29-55-49-37(3)15-10-9-11-16-40(39(5)57-35-58-47-25-21-45(52)22-26-47)33-42-18-14-19-43(50(42)56-31-30-54-7-2)34-44-20-13-17-41(32-38(49)4)51(44)60-36-59-48-27-23-46(53)24-28-48/h9-11,13-14,16-28H,3,6-8,12,15,29-36,52-53H2,1-2,4-5H3/b10-9+,16-11-,40-39-,49-38-. The Morgan fingerprint density at radius 1 is 0.633 bits per heavy atom. The normalized spacial score (nSPS) is 16.5. The zero-order chi connectivity index (χ0) is 42.5. The number of anilines is 2. The third-order valence-corrected chi connectivity index (χ3v) is 10.0. The lowest BCUT2D eigenvalue weighted by molar-refractivity contribution is 0.0605. The minimum Gasteiger partial charge on any atom is -0.493 e. The summed E-state index contributed by atoms with van der Waals surface area (Å²) in [7, 11) is 0. The van der Waals surface area contributed by atoms with Crippen LogP contribution in [0.3, 0.4) is 0 Å². The first-order valence-electron chi connectivity index (χ1n) is 20.9. The van der Waals surface area contributed by atoms with Gasteiger partial charge in [-0.25, -0.2) is 0 Å². The maximum atomic E-state index is 6.62. The van der Waals surface area contributed by atoms with Crippen molar-refractivity contribution in [2.75, 3.05) is 51.5 Å². The van der Waals surface area contributed by atoms with E-state index in [0.29, 0.717) is 75.0 Å². The van der Waals surface area contributed by atoms with E-state index in [2.05, 4.69) is 69.0 Å². The van der Waals surface area contributed by atoms with Crippen molar-refractivity contribution in [1.29, 1.82) is 0 Å². The van der Waals surface area contributed by atoms with Gasteiger partial charge in [0, 0.05) is 37.2 Å². The summed E-state index contributed by atoms with van der Waals surface area (Å²) in [6, 6.07) is 27.1. The molecule has 9 nitrogen and oxygen atoms in total. The molecule has 0 aromatic heterocycles. The lowest BCUT2D eigenvalue weighted by Gasteiger charge is -2.21. The third-order valence-electron chi connectivity index (χ3n) is 10.0. The molecule has 4 aromatic carbocycles. The molecule has 0 heterocycles. The Hall–Kier alpha value is -6.06. The average molecular weight is 815 g/mol. The van der Waals surface area contributed by atoms with E-state index in [1.54, 1.807) is 12.1 Å². The van der Waals surface area contributed by atoms with Crippen LogP contribution >= 0.6 is 0 Å². The minimum absolute atomic E-state index is 0.00807. The van der Waals surface area contributed by atoms with Crippen LogP contribution in [0.15, 0.2) is 144 Å². The molecule has 9 heteroatoms. The molecule has 0 atom stereocenters. The van der Waals surface area contributed by atoms with E-state index in [4.69, 9.17) is 44.6 Å². The highest BCUT2D eigenvalue weighted by atomic mass is 16.7. The van der Waals surface area contributed by atoms with Gasteiger partial charge in [0.1, 0.15) is 41.1 Å². The summed E-state index contributed by atoms with van der Waals surface area (Å²) in [5.41, 5.74) is 20.1. The van der Waals surface area contributed by atoms with Gasteiger partial charge in [-0.15, -0.1) is 0 Å². The van der Waals surface area contributed by atoms with Gasteiger partial charge in [-0.1, -0.05) is 87.0 Å². The molecular weight excluding hydrogens is 753 g/mol. The second-order valence-corrected chi connectivity index (χ2v) is 14.7. The average Bonchev–Trinajstić information content (AvgIpc) is 3.24. The summed E-state index contributed by atoms with van der Waals surface area (Å²) in [5.74, 6) is 4.45.